The van der Waals surface area contributed by atoms with Gasteiger partial charge in [-0.25, -0.2) is 18.0 Å². The average molecular weight is 376 g/mol. The normalized spacial score (nSPS) is 11.0. The summed E-state index contributed by atoms with van der Waals surface area (Å²) in [4.78, 5) is 28.2. The Morgan fingerprint density at radius 3 is 2.17 bits per heavy atom. The molecule has 0 atom stereocenters. The van der Waals surface area contributed by atoms with Crippen LogP contribution in [0, 0.1) is 17.5 Å². The third kappa shape index (κ3) is 2.63. The second-order valence-corrected chi connectivity index (χ2v) is 5.49. The summed E-state index contributed by atoms with van der Waals surface area (Å²) in [5.41, 5.74) is -0.591. The summed E-state index contributed by atoms with van der Waals surface area (Å²) in [6, 6.07) is 4.24. The van der Waals surface area contributed by atoms with Gasteiger partial charge in [0.15, 0.2) is 17.5 Å². The minimum atomic E-state index is -1.57. The minimum absolute atomic E-state index is 0.137. The molecule has 1 heterocycles. The van der Waals surface area contributed by atoms with E-state index in [1.807, 2.05) is 0 Å². The van der Waals surface area contributed by atoms with Gasteiger partial charge in [0.1, 0.15) is 15.6 Å². The topological polar surface area (TPSA) is 77.8 Å². The first-order valence-electron chi connectivity index (χ1n) is 6.34. The summed E-state index contributed by atoms with van der Waals surface area (Å²) in [5.74, 6) is -5.84. The van der Waals surface area contributed by atoms with E-state index in [1.165, 1.54) is 18.2 Å². The Bertz CT molecular complexity index is 1020. The number of hydrogen-bond donors (Lipinski definition) is 3. The first kappa shape index (κ1) is 16.4. The van der Waals surface area contributed by atoms with Crippen molar-refractivity contribution in [3.8, 4) is 0 Å². The van der Waals surface area contributed by atoms with Gasteiger partial charge in [-0.3, -0.25) is 4.79 Å². The maximum atomic E-state index is 13.9. The van der Waals surface area contributed by atoms with Crippen LogP contribution in [-0.4, -0.2) is 15.9 Å². The number of nitrogens with one attached hydrogen (secondary N) is 3. The molecule has 2 aromatic carbocycles. The number of imidazole rings is 1. The van der Waals surface area contributed by atoms with E-state index in [2.05, 4.69) is 15.3 Å². The van der Waals surface area contributed by atoms with E-state index in [-0.39, 0.29) is 5.69 Å². The van der Waals surface area contributed by atoms with Crippen LogP contribution in [0.25, 0.3) is 11.0 Å². The second kappa shape index (κ2) is 5.88. The highest BCUT2D eigenvalue weighted by molar-refractivity contribution is 6.35. The van der Waals surface area contributed by atoms with E-state index < -0.39 is 44.7 Å². The molecule has 24 heavy (non-hydrogen) atoms. The van der Waals surface area contributed by atoms with Crippen LogP contribution in [0.5, 0.6) is 0 Å². The van der Waals surface area contributed by atoms with Gasteiger partial charge in [-0.1, -0.05) is 23.2 Å². The zero-order valence-corrected chi connectivity index (χ0v) is 13.0. The van der Waals surface area contributed by atoms with Crippen LogP contribution in [0.1, 0.15) is 10.4 Å². The number of anilines is 1. The van der Waals surface area contributed by atoms with Gasteiger partial charge in [0.05, 0.1) is 11.0 Å². The SMILES string of the molecule is O=C(Nc1ccc2[nH]c(=O)[nH]c2c1)c1c(F)c(Cl)c(F)c(Cl)c1F. The molecule has 0 aliphatic rings. The molecule has 124 valence electrons. The Hall–Kier alpha value is -2.45. The molecule has 0 aliphatic heterocycles. The summed E-state index contributed by atoms with van der Waals surface area (Å²) < 4.78 is 41.2. The molecule has 0 saturated heterocycles. The Labute approximate surface area is 141 Å². The van der Waals surface area contributed by atoms with Crippen molar-refractivity contribution in [2.24, 2.45) is 0 Å². The molecule has 1 aromatic heterocycles. The number of carbonyl (C=O) groups is 1. The number of benzene rings is 2. The van der Waals surface area contributed by atoms with Crippen LogP contribution >= 0.6 is 23.2 Å². The van der Waals surface area contributed by atoms with E-state index in [0.29, 0.717) is 11.0 Å². The lowest BCUT2D eigenvalue weighted by Crippen LogP contribution is -2.17. The Morgan fingerprint density at radius 1 is 0.958 bits per heavy atom. The smallest absolute Gasteiger partial charge is 0.322 e. The van der Waals surface area contributed by atoms with Crippen LogP contribution < -0.4 is 11.0 Å². The minimum Gasteiger partial charge on any atom is -0.322 e. The molecule has 3 aromatic rings. The summed E-state index contributed by atoms with van der Waals surface area (Å²) in [7, 11) is 0. The molecule has 1 amide bonds. The molecule has 0 bridgehead atoms. The lowest BCUT2D eigenvalue weighted by Gasteiger charge is -2.10. The van der Waals surface area contributed by atoms with Crippen molar-refractivity contribution in [1.82, 2.24) is 9.97 Å². The zero-order chi connectivity index (χ0) is 17.6. The summed E-state index contributed by atoms with van der Waals surface area (Å²) in [6.07, 6.45) is 0. The predicted octanol–water partition coefficient (Wildman–Crippen LogP) is 3.83. The number of aromatic nitrogens is 2. The monoisotopic (exact) mass is 375 g/mol. The summed E-state index contributed by atoms with van der Waals surface area (Å²) in [6.45, 7) is 0. The van der Waals surface area contributed by atoms with E-state index in [0.717, 1.165) is 0 Å². The van der Waals surface area contributed by atoms with Gasteiger partial charge < -0.3 is 15.3 Å². The standard InChI is InChI=1S/C14H6Cl2F3N3O2/c15-8-10(17)7(11(18)9(16)12(8)19)13(23)20-4-1-2-5-6(3-4)22-14(24)21-5/h1-3H,(H,20,23)(H2,21,22,24). The fourth-order valence-electron chi connectivity index (χ4n) is 2.11. The number of rotatable bonds is 2. The van der Waals surface area contributed by atoms with Gasteiger partial charge in [0.25, 0.3) is 5.91 Å². The number of fused-ring (bicyclic) bond motifs is 1. The predicted molar refractivity (Wildman–Crippen MR) is 83.2 cm³/mol. The van der Waals surface area contributed by atoms with Gasteiger partial charge in [-0.05, 0) is 18.2 Å². The van der Waals surface area contributed by atoms with Crippen LogP contribution in [0.3, 0.4) is 0 Å². The lowest BCUT2D eigenvalue weighted by molar-refractivity contribution is 0.101. The van der Waals surface area contributed by atoms with E-state index in [9.17, 15) is 22.8 Å². The maximum Gasteiger partial charge on any atom is 0.323 e. The quantitative estimate of drug-likeness (QED) is 0.470. The van der Waals surface area contributed by atoms with Crippen LogP contribution in [-0.2, 0) is 0 Å². The second-order valence-electron chi connectivity index (χ2n) is 4.74. The number of halogens is 5. The van der Waals surface area contributed by atoms with Gasteiger partial charge >= 0.3 is 5.69 Å². The van der Waals surface area contributed by atoms with Crippen molar-refractivity contribution in [3.63, 3.8) is 0 Å². The highest BCUT2D eigenvalue weighted by Crippen LogP contribution is 2.32. The number of carbonyl (C=O) groups excluding carboxylic acids is 1. The maximum absolute atomic E-state index is 13.9. The van der Waals surface area contributed by atoms with Crippen LogP contribution in [0.15, 0.2) is 23.0 Å². The van der Waals surface area contributed by atoms with Crippen LogP contribution in [0.2, 0.25) is 10.0 Å². The largest absolute Gasteiger partial charge is 0.323 e. The summed E-state index contributed by atoms with van der Waals surface area (Å²) >= 11 is 10.7. The first-order chi connectivity index (χ1) is 11.3. The molecule has 0 spiro atoms. The van der Waals surface area contributed by atoms with Crippen molar-refractivity contribution in [2.75, 3.05) is 5.32 Å². The Morgan fingerprint density at radius 2 is 1.54 bits per heavy atom. The third-order valence-corrected chi connectivity index (χ3v) is 3.87. The molecule has 3 rings (SSSR count). The van der Waals surface area contributed by atoms with Crippen molar-refractivity contribution >= 4 is 45.8 Å². The molecule has 3 N–H and O–H groups in total. The molecule has 0 unspecified atom stereocenters. The number of H-pyrrole nitrogens is 2. The molecule has 10 heteroatoms. The third-order valence-electron chi connectivity index (χ3n) is 3.21. The average Bonchev–Trinajstić information content (AvgIpc) is 2.90. The van der Waals surface area contributed by atoms with Gasteiger partial charge in [0, 0.05) is 5.69 Å². The molecule has 0 radical (unpaired) electrons. The van der Waals surface area contributed by atoms with Crippen molar-refractivity contribution in [2.45, 2.75) is 0 Å². The number of amides is 1. The van der Waals surface area contributed by atoms with Gasteiger partial charge in [0.2, 0.25) is 0 Å². The Kier molecular flexibility index (Phi) is 4.02. The molecular weight excluding hydrogens is 370 g/mol. The highest BCUT2D eigenvalue weighted by atomic mass is 35.5. The van der Waals surface area contributed by atoms with E-state index in [1.54, 1.807) is 0 Å². The van der Waals surface area contributed by atoms with Gasteiger partial charge in [-0.15, -0.1) is 0 Å². The molecule has 0 aliphatic carbocycles. The summed E-state index contributed by atoms with van der Waals surface area (Å²) in [5, 5.41) is 0.0483. The number of hydrogen-bond acceptors (Lipinski definition) is 2. The number of aromatic amines is 2. The van der Waals surface area contributed by atoms with Gasteiger partial charge in [-0.2, -0.15) is 0 Å². The van der Waals surface area contributed by atoms with E-state index >= 15 is 0 Å². The fraction of sp³-hybridized carbons (Fsp3) is 0. The van der Waals surface area contributed by atoms with Crippen molar-refractivity contribution in [3.05, 3.63) is 61.7 Å². The molecule has 0 saturated carbocycles. The Balaban J connectivity index is 2.01. The molecule has 0 fully saturated rings. The lowest BCUT2D eigenvalue weighted by atomic mass is 10.1. The van der Waals surface area contributed by atoms with E-state index in [4.69, 9.17) is 23.2 Å². The molecule has 5 nitrogen and oxygen atoms in total. The highest BCUT2D eigenvalue weighted by Gasteiger charge is 2.27. The first-order valence-corrected chi connectivity index (χ1v) is 7.10. The zero-order valence-electron chi connectivity index (χ0n) is 11.4. The van der Waals surface area contributed by atoms with Crippen molar-refractivity contribution in [1.29, 1.82) is 0 Å². The molecular formula is C14H6Cl2F3N3O2. The van der Waals surface area contributed by atoms with Crippen molar-refractivity contribution < 1.29 is 18.0 Å². The fourth-order valence-corrected chi connectivity index (χ4v) is 2.53. The van der Waals surface area contributed by atoms with Crippen LogP contribution in [0.4, 0.5) is 18.9 Å².